The predicted molar refractivity (Wildman–Crippen MR) is 71.7 cm³/mol. The molecule has 20 heavy (non-hydrogen) atoms. The Morgan fingerprint density at radius 3 is 1.45 bits per heavy atom. The summed E-state index contributed by atoms with van der Waals surface area (Å²) in [7, 11) is -4.67. The van der Waals surface area contributed by atoms with Crippen LogP contribution < -0.4 is 18.9 Å². The zero-order chi connectivity index (χ0) is 15.1. The molecule has 0 spiro atoms. The van der Waals surface area contributed by atoms with E-state index in [0.717, 1.165) is 19.3 Å². The molecule has 0 atom stereocenters. The van der Waals surface area contributed by atoms with Crippen LogP contribution in [-0.2, 0) is 10.4 Å². The largest absolute Gasteiger partial charge is 1.00 e. The van der Waals surface area contributed by atoms with Crippen molar-refractivity contribution in [2.75, 3.05) is 0 Å². The summed E-state index contributed by atoms with van der Waals surface area (Å²) >= 11 is 0. The maximum Gasteiger partial charge on any atom is 1.00 e. The third kappa shape index (κ3) is 42.9. The van der Waals surface area contributed by atoms with Gasteiger partial charge in [-0.1, -0.05) is 44.9 Å². The molecule has 0 aliphatic carbocycles. The fraction of sp³-hybridized carbons (Fsp3) is 0.917. The summed E-state index contributed by atoms with van der Waals surface area (Å²) in [5.74, 6) is 0. The second-order valence-corrected chi connectivity index (χ2v) is 5.21. The van der Waals surface area contributed by atoms with Crippen molar-refractivity contribution in [2.45, 2.75) is 70.6 Å². The molecule has 0 heterocycles. The molecule has 4 nitrogen and oxygen atoms in total. The summed E-state index contributed by atoms with van der Waals surface area (Å²) in [5.41, 5.74) is 0. The minimum absolute atomic E-state index is 0. The topological polar surface area (TPSA) is 74.6 Å². The number of unbranched alkanes of at least 4 members (excludes halogenated alkanes) is 8. The van der Waals surface area contributed by atoms with Crippen molar-refractivity contribution in [1.29, 1.82) is 0 Å². The molecule has 2 N–H and O–H groups in total. The van der Waals surface area contributed by atoms with Gasteiger partial charge in [-0.05, 0) is 6.42 Å². The summed E-state index contributed by atoms with van der Waals surface area (Å²) in [6, 6.07) is 0. The molecule has 8 heteroatoms. The summed E-state index contributed by atoms with van der Waals surface area (Å²) in [4.78, 5) is 0. The first-order valence-electron chi connectivity index (χ1n) is 6.54. The molecular weight excluding hydrogens is 285 g/mol. The summed E-state index contributed by atoms with van der Waals surface area (Å²) in [6.45, 7) is 3.79. The van der Waals surface area contributed by atoms with Crippen molar-refractivity contribution >= 4 is 10.4 Å². The van der Waals surface area contributed by atoms with Crippen LogP contribution in [0.25, 0.3) is 0 Å². The van der Waals surface area contributed by atoms with Crippen molar-refractivity contribution in [3.8, 4) is 0 Å². The van der Waals surface area contributed by atoms with Gasteiger partial charge in [-0.15, -0.1) is 0 Å². The molecule has 0 radical (unpaired) electrons. The van der Waals surface area contributed by atoms with Gasteiger partial charge in [0.25, 0.3) is 0 Å². The van der Waals surface area contributed by atoms with E-state index in [4.69, 9.17) is 17.5 Å². The Balaban J connectivity index is -0.000000414. The smallest absolute Gasteiger partial charge is 0.343 e. The summed E-state index contributed by atoms with van der Waals surface area (Å²) < 4.78 is 55.1. The third-order valence-electron chi connectivity index (χ3n) is 2.42. The second kappa shape index (κ2) is 17.4. The monoisotopic (exact) mass is 310 g/mol. The Hall–Kier alpha value is 0.327. The molecule has 0 aliphatic heterocycles. The zero-order valence-corrected chi connectivity index (χ0v) is 13.0. The van der Waals surface area contributed by atoms with E-state index in [2.05, 4.69) is 6.92 Å². The average Bonchev–Trinajstić information content (AvgIpc) is 2.24. The van der Waals surface area contributed by atoms with Gasteiger partial charge in [0.1, 0.15) is 0 Å². The van der Waals surface area contributed by atoms with Crippen LogP contribution in [0.15, 0.2) is 0 Å². The maximum absolute atomic E-state index is 11.7. The maximum atomic E-state index is 11.7. The SMILES string of the molecule is O=S(=O)(O)O.[CH2-]CCCCCCCCCCC(F)F.[Li+]. The van der Waals surface area contributed by atoms with Gasteiger partial charge in [0, 0.05) is 6.42 Å². The molecule has 118 valence electrons. The van der Waals surface area contributed by atoms with Gasteiger partial charge >= 0.3 is 29.3 Å². The first-order valence-corrected chi connectivity index (χ1v) is 7.94. The fourth-order valence-electron chi connectivity index (χ4n) is 1.54. The summed E-state index contributed by atoms with van der Waals surface area (Å²) in [5, 5.41) is 0. The Morgan fingerprint density at radius 1 is 0.850 bits per heavy atom. The molecule has 0 saturated heterocycles. The molecule has 0 fully saturated rings. The Kier molecular flexibility index (Phi) is 22.0. The molecule has 0 saturated carbocycles. The van der Waals surface area contributed by atoms with Crippen LogP contribution in [-0.4, -0.2) is 23.9 Å². The average molecular weight is 310 g/mol. The quantitative estimate of drug-likeness (QED) is 0.276. The molecule has 0 unspecified atom stereocenters. The van der Waals surface area contributed by atoms with Crippen molar-refractivity contribution in [2.24, 2.45) is 0 Å². The van der Waals surface area contributed by atoms with Gasteiger partial charge in [0.05, 0.1) is 0 Å². The normalized spacial score (nSPS) is 10.7. The molecule has 0 amide bonds. The number of hydrogen-bond acceptors (Lipinski definition) is 2. The van der Waals surface area contributed by atoms with Crippen LogP contribution in [0.3, 0.4) is 0 Å². The van der Waals surface area contributed by atoms with Crippen LogP contribution >= 0.6 is 0 Å². The van der Waals surface area contributed by atoms with E-state index < -0.39 is 16.8 Å². The van der Waals surface area contributed by atoms with Crippen LogP contribution in [0.4, 0.5) is 8.78 Å². The molecule has 0 aromatic carbocycles. The Bertz CT molecular complexity index is 267. The number of hydrogen-bond donors (Lipinski definition) is 2. The first-order chi connectivity index (χ1) is 8.77. The molecule has 0 aromatic rings. The molecule has 0 bridgehead atoms. The zero-order valence-electron chi connectivity index (χ0n) is 12.2. The van der Waals surface area contributed by atoms with Gasteiger partial charge in [-0.25, -0.2) is 8.78 Å². The first kappa shape index (κ1) is 25.3. The Morgan fingerprint density at radius 2 is 1.15 bits per heavy atom. The van der Waals surface area contributed by atoms with Gasteiger partial charge in [-0.2, -0.15) is 14.8 Å². The third-order valence-corrected chi connectivity index (χ3v) is 2.42. The van der Waals surface area contributed by atoms with Gasteiger partial charge < -0.3 is 6.92 Å². The van der Waals surface area contributed by atoms with E-state index in [0.29, 0.717) is 6.42 Å². The van der Waals surface area contributed by atoms with Gasteiger partial charge in [0.2, 0.25) is 6.43 Å². The van der Waals surface area contributed by atoms with Gasteiger partial charge in [0.15, 0.2) is 0 Å². The molecule has 0 aromatic heterocycles. The van der Waals surface area contributed by atoms with E-state index in [9.17, 15) is 8.78 Å². The van der Waals surface area contributed by atoms with Crippen LogP contribution in [0, 0.1) is 6.92 Å². The van der Waals surface area contributed by atoms with Crippen molar-refractivity contribution in [1.82, 2.24) is 0 Å². The second-order valence-electron chi connectivity index (χ2n) is 4.31. The van der Waals surface area contributed by atoms with Crippen molar-refractivity contribution < 1.29 is 45.2 Å². The van der Waals surface area contributed by atoms with Crippen LogP contribution in [0.5, 0.6) is 0 Å². The minimum atomic E-state index is -4.67. The molecule has 0 aliphatic rings. The van der Waals surface area contributed by atoms with Gasteiger partial charge in [-0.3, -0.25) is 9.11 Å². The van der Waals surface area contributed by atoms with Crippen LogP contribution in [0.1, 0.15) is 64.2 Å². The van der Waals surface area contributed by atoms with E-state index in [-0.39, 0.29) is 25.3 Å². The van der Waals surface area contributed by atoms with E-state index in [1.165, 1.54) is 32.1 Å². The van der Waals surface area contributed by atoms with Crippen molar-refractivity contribution in [3.05, 3.63) is 6.92 Å². The Labute approximate surface area is 133 Å². The standard InChI is InChI=1S/C12H23F2.Li.H2O4S/c1-2-3-4-5-6-7-8-9-10-11-12(13)14;;1-5(2,3)4/h12H,1-11H2;;(H2,1,2,3,4)/q-1;+1;. The number of halogens is 2. The number of rotatable bonds is 10. The van der Waals surface area contributed by atoms with Crippen LogP contribution in [0.2, 0.25) is 0 Å². The van der Waals surface area contributed by atoms with E-state index >= 15 is 0 Å². The molecule has 0 rings (SSSR count). The van der Waals surface area contributed by atoms with E-state index in [1.54, 1.807) is 0 Å². The minimum Gasteiger partial charge on any atom is -0.343 e. The predicted octanol–water partition coefficient (Wildman–Crippen LogP) is 1.34. The fourth-order valence-corrected chi connectivity index (χ4v) is 1.54. The van der Waals surface area contributed by atoms with E-state index in [1.807, 2.05) is 0 Å². The summed E-state index contributed by atoms with van der Waals surface area (Å²) in [6.07, 6.45) is 8.06. The van der Waals surface area contributed by atoms with Crippen molar-refractivity contribution in [3.63, 3.8) is 0 Å². The molecular formula is C12H25F2LiO4S. The number of alkyl halides is 2.